The van der Waals surface area contributed by atoms with Crippen LogP contribution in [0.3, 0.4) is 0 Å². The smallest absolute Gasteiger partial charge is 0.296 e. The average molecular weight is 324 g/mol. The second kappa shape index (κ2) is 4.67. The Kier molecular flexibility index (Phi) is 3.00. The van der Waals surface area contributed by atoms with Crippen LogP contribution in [0, 0.1) is 0 Å². The molecule has 0 aliphatic heterocycles. The minimum Gasteiger partial charge on any atom is -0.449 e. The number of furan rings is 1. The standard InChI is InChI=1S/C12H10BrN3O3/c13-6-1-2-8-7(5-6)9-10(19-8)11(18)16-12(15-9)14-3-4-17/h1-2,5,17H,3-4H2,(H2,14,15,16,18). The number of halogens is 1. The van der Waals surface area contributed by atoms with Gasteiger partial charge >= 0.3 is 0 Å². The van der Waals surface area contributed by atoms with E-state index < -0.39 is 0 Å². The Labute approximate surface area is 115 Å². The van der Waals surface area contributed by atoms with Crippen LogP contribution in [0.15, 0.2) is 31.9 Å². The number of nitrogens with zero attached hydrogens (tertiary/aromatic N) is 1. The number of fused-ring (bicyclic) bond motifs is 3. The number of aliphatic hydroxyl groups is 1. The van der Waals surface area contributed by atoms with E-state index in [1.807, 2.05) is 12.1 Å². The van der Waals surface area contributed by atoms with Crippen molar-refractivity contribution in [2.45, 2.75) is 0 Å². The van der Waals surface area contributed by atoms with Gasteiger partial charge in [0.1, 0.15) is 11.1 Å². The molecule has 0 radical (unpaired) electrons. The van der Waals surface area contributed by atoms with Crippen LogP contribution in [0.1, 0.15) is 0 Å². The third-order valence-corrected chi connectivity index (χ3v) is 3.18. The topological polar surface area (TPSA) is 91.2 Å². The lowest BCUT2D eigenvalue weighted by Gasteiger charge is -2.01. The molecule has 3 rings (SSSR count). The van der Waals surface area contributed by atoms with E-state index >= 15 is 0 Å². The number of hydrogen-bond donors (Lipinski definition) is 3. The maximum absolute atomic E-state index is 11.9. The van der Waals surface area contributed by atoms with E-state index in [0.717, 1.165) is 9.86 Å². The van der Waals surface area contributed by atoms with Crippen LogP contribution in [-0.4, -0.2) is 28.2 Å². The largest absolute Gasteiger partial charge is 0.449 e. The molecule has 0 spiro atoms. The molecule has 2 aromatic heterocycles. The number of aromatic nitrogens is 2. The van der Waals surface area contributed by atoms with Crippen LogP contribution < -0.4 is 10.9 Å². The normalized spacial score (nSPS) is 11.3. The first-order chi connectivity index (χ1) is 9.19. The predicted molar refractivity (Wildman–Crippen MR) is 75.4 cm³/mol. The maximum Gasteiger partial charge on any atom is 0.296 e. The van der Waals surface area contributed by atoms with Crippen molar-refractivity contribution in [3.8, 4) is 0 Å². The second-order valence-corrected chi connectivity index (χ2v) is 4.90. The van der Waals surface area contributed by atoms with Crippen molar-refractivity contribution < 1.29 is 9.52 Å². The average Bonchev–Trinajstić information content (AvgIpc) is 2.75. The van der Waals surface area contributed by atoms with Gasteiger partial charge in [-0.3, -0.25) is 9.78 Å². The van der Waals surface area contributed by atoms with Gasteiger partial charge in [0.25, 0.3) is 5.56 Å². The minimum absolute atomic E-state index is 0.0422. The Balaban J connectivity index is 2.28. The number of aliphatic hydroxyl groups excluding tert-OH is 1. The van der Waals surface area contributed by atoms with E-state index in [-0.39, 0.29) is 17.7 Å². The Morgan fingerprint density at radius 1 is 1.47 bits per heavy atom. The zero-order valence-electron chi connectivity index (χ0n) is 9.74. The molecular formula is C12H10BrN3O3. The minimum atomic E-state index is -0.349. The molecule has 0 saturated heterocycles. The number of nitrogens with one attached hydrogen (secondary N) is 2. The summed E-state index contributed by atoms with van der Waals surface area (Å²) < 4.78 is 6.38. The van der Waals surface area contributed by atoms with E-state index in [1.165, 1.54) is 0 Å². The van der Waals surface area contributed by atoms with Gasteiger partial charge in [0, 0.05) is 16.4 Å². The lowest BCUT2D eigenvalue weighted by Crippen LogP contribution is -2.14. The van der Waals surface area contributed by atoms with Crippen molar-refractivity contribution in [1.82, 2.24) is 9.97 Å². The summed E-state index contributed by atoms with van der Waals surface area (Å²) in [7, 11) is 0. The lowest BCUT2D eigenvalue weighted by molar-refractivity contribution is 0.311. The fourth-order valence-electron chi connectivity index (χ4n) is 1.88. The van der Waals surface area contributed by atoms with Crippen LogP contribution in [0.4, 0.5) is 5.95 Å². The molecule has 7 heteroatoms. The molecule has 0 aliphatic rings. The van der Waals surface area contributed by atoms with Crippen molar-refractivity contribution in [2.75, 3.05) is 18.5 Å². The van der Waals surface area contributed by atoms with Gasteiger partial charge in [-0.05, 0) is 18.2 Å². The Bertz CT molecular complexity index is 809. The van der Waals surface area contributed by atoms with Gasteiger partial charge in [0.2, 0.25) is 11.5 Å². The van der Waals surface area contributed by atoms with E-state index in [9.17, 15) is 4.79 Å². The number of aromatic amines is 1. The van der Waals surface area contributed by atoms with E-state index in [4.69, 9.17) is 9.52 Å². The molecule has 0 unspecified atom stereocenters. The second-order valence-electron chi connectivity index (χ2n) is 3.99. The fourth-order valence-corrected chi connectivity index (χ4v) is 2.24. The van der Waals surface area contributed by atoms with E-state index in [2.05, 4.69) is 31.2 Å². The number of H-pyrrole nitrogens is 1. The summed E-state index contributed by atoms with van der Waals surface area (Å²) in [6, 6.07) is 5.47. The molecule has 3 N–H and O–H groups in total. The third-order valence-electron chi connectivity index (χ3n) is 2.69. The Hall–Kier alpha value is -1.86. The summed E-state index contributed by atoms with van der Waals surface area (Å²) in [4.78, 5) is 18.8. The molecule has 0 saturated carbocycles. The van der Waals surface area contributed by atoms with Crippen LogP contribution in [0.2, 0.25) is 0 Å². The van der Waals surface area contributed by atoms with Crippen LogP contribution in [-0.2, 0) is 0 Å². The fraction of sp³-hybridized carbons (Fsp3) is 0.167. The highest BCUT2D eigenvalue weighted by molar-refractivity contribution is 9.10. The third kappa shape index (κ3) is 2.11. The molecule has 98 valence electrons. The number of anilines is 1. The number of benzene rings is 1. The summed E-state index contributed by atoms with van der Waals surface area (Å²) in [5, 5.41) is 12.4. The van der Waals surface area contributed by atoms with E-state index in [1.54, 1.807) is 6.07 Å². The molecule has 6 nitrogen and oxygen atoms in total. The molecule has 19 heavy (non-hydrogen) atoms. The molecule has 0 fully saturated rings. The SMILES string of the molecule is O=c1[nH]c(NCCO)nc2c1oc1ccc(Br)cc12. The van der Waals surface area contributed by atoms with Crippen molar-refractivity contribution in [3.63, 3.8) is 0 Å². The van der Waals surface area contributed by atoms with Crippen molar-refractivity contribution in [2.24, 2.45) is 0 Å². The Morgan fingerprint density at radius 3 is 3.11 bits per heavy atom. The van der Waals surface area contributed by atoms with Gasteiger partial charge in [-0.1, -0.05) is 15.9 Å². The van der Waals surface area contributed by atoms with Crippen molar-refractivity contribution >= 4 is 43.9 Å². The molecule has 2 heterocycles. The molecule has 1 aromatic carbocycles. The van der Waals surface area contributed by atoms with Gasteiger partial charge in [-0.25, -0.2) is 4.98 Å². The van der Waals surface area contributed by atoms with Crippen molar-refractivity contribution in [1.29, 1.82) is 0 Å². The summed E-state index contributed by atoms with van der Waals surface area (Å²) in [5.74, 6) is 0.314. The van der Waals surface area contributed by atoms with Crippen LogP contribution >= 0.6 is 15.9 Å². The predicted octanol–water partition coefficient (Wildman–Crippen LogP) is 1.84. The van der Waals surface area contributed by atoms with Crippen molar-refractivity contribution in [3.05, 3.63) is 33.0 Å². The van der Waals surface area contributed by atoms with Crippen LogP contribution in [0.25, 0.3) is 22.1 Å². The zero-order chi connectivity index (χ0) is 13.4. The maximum atomic E-state index is 11.9. The summed E-state index contributed by atoms with van der Waals surface area (Å²) in [6.45, 7) is 0.271. The number of hydrogen-bond acceptors (Lipinski definition) is 5. The first-order valence-corrected chi connectivity index (χ1v) is 6.45. The highest BCUT2D eigenvalue weighted by Crippen LogP contribution is 2.28. The molecular weight excluding hydrogens is 314 g/mol. The first-order valence-electron chi connectivity index (χ1n) is 5.66. The first kappa shape index (κ1) is 12.2. The monoisotopic (exact) mass is 323 g/mol. The molecule has 0 amide bonds. The van der Waals surface area contributed by atoms with Gasteiger partial charge in [0.15, 0.2) is 0 Å². The van der Waals surface area contributed by atoms with E-state index in [0.29, 0.717) is 23.6 Å². The molecule has 0 bridgehead atoms. The highest BCUT2D eigenvalue weighted by Gasteiger charge is 2.13. The van der Waals surface area contributed by atoms with Gasteiger partial charge in [-0.15, -0.1) is 0 Å². The zero-order valence-corrected chi connectivity index (χ0v) is 11.3. The molecule has 0 aliphatic carbocycles. The van der Waals surface area contributed by atoms with Gasteiger partial charge in [0.05, 0.1) is 6.61 Å². The summed E-state index contributed by atoms with van der Waals surface area (Å²) >= 11 is 3.38. The summed E-state index contributed by atoms with van der Waals surface area (Å²) in [6.07, 6.45) is 0. The van der Waals surface area contributed by atoms with Crippen LogP contribution in [0.5, 0.6) is 0 Å². The lowest BCUT2D eigenvalue weighted by atomic mass is 10.2. The van der Waals surface area contributed by atoms with Gasteiger partial charge < -0.3 is 14.8 Å². The molecule has 0 atom stereocenters. The quantitative estimate of drug-likeness (QED) is 0.684. The Morgan fingerprint density at radius 2 is 2.32 bits per heavy atom. The van der Waals surface area contributed by atoms with Gasteiger partial charge in [-0.2, -0.15) is 0 Å². The number of rotatable bonds is 3. The highest BCUT2D eigenvalue weighted by atomic mass is 79.9. The molecule has 3 aromatic rings. The summed E-state index contributed by atoms with van der Waals surface area (Å²) in [5.41, 5.74) is 0.955.